The molecule has 108 valence electrons. The summed E-state index contributed by atoms with van der Waals surface area (Å²) in [6.45, 7) is 9.77. The van der Waals surface area contributed by atoms with Gasteiger partial charge in [-0.25, -0.2) is 0 Å². The zero-order valence-electron chi connectivity index (χ0n) is 12.9. The number of hydrogen-bond donors (Lipinski definition) is 1. The van der Waals surface area contributed by atoms with Crippen LogP contribution in [-0.2, 0) is 11.2 Å². The molecule has 0 saturated carbocycles. The third-order valence-corrected chi connectivity index (χ3v) is 3.53. The largest absolute Gasteiger partial charge is 0.384 e. The van der Waals surface area contributed by atoms with Gasteiger partial charge in [0.1, 0.15) is 0 Å². The predicted octanol–water partition coefficient (Wildman–Crippen LogP) is 3.37. The predicted molar refractivity (Wildman–Crippen MR) is 82.4 cm³/mol. The second-order valence-corrected chi connectivity index (χ2v) is 5.93. The van der Waals surface area contributed by atoms with Gasteiger partial charge in [0.2, 0.25) is 0 Å². The maximum Gasteiger partial charge on any atom is 0.0491 e. The molecule has 1 rings (SSSR count). The van der Waals surface area contributed by atoms with Crippen LogP contribution in [-0.4, -0.2) is 26.8 Å². The van der Waals surface area contributed by atoms with Gasteiger partial charge in [0.15, 0.2) is 0 Å². The van der Waals surface area contributed by atoms with Crippen molar-refractivity contribution in [1.82, 2.24) is 5.32 Å². The minimum absolute atomic E-state index is 0.574. The van der Waals surface area contributed by atoms with Gasteiger partial charge in [-0.3, -0.25) is 0 Å². The smallest absolute Gasteiger partial charge is 0.0491 e. The van der Waals surface area contributed by atoms with Gasteiger partial charge in [-0.15, -0.1) is 0 Å². The maximum atomic E-state index is 5.32. The van der Waals surface area contributed by atoms with Gasteiger partial charge in [-0.05, 0) is 42.8 Å². The van der Waals surface area contributed by atoms with E-state index in [0.29, 0.717) is 17.8 Å². The van der Waals surface area contributed by atoms with Crippen molar-refractivity contribution in [2.75, 3.05) is 26.8 Å². The SMILES string of the molecule is COCC(C)C(CNCC(C)C)Cc1ccccc1. The minimum Gasteiger partial charge on any atom is -0.384 e. The summed E-state index contributed by atoms with van der Waals surface area (Å²) >= 11 is 0. The van der Waals surface area contributed by atoms with Crippen LogP contribution >= 0.6 is 0 Å². The van der Waals surface area contributed by atoms with E-state index < -0.39 is 0 Å². The normalized spacial score (nSPS) is 14.6. The third-order valence-electron chi connectivity index (χ3n) is 3.53. The molecule has 2 unspecified atom stereocenters. The molecule has 2 heteroatoms. The van der Waals surface area contributed by atoms with Crippen LogP contribution in [0.3, 0.4) is 0 Å². The number of hydrogen-bond acceptors (Lipinski definition) is 2. The molecule has 1 aromatic rings. The summed E-state index contributed by atoms with van der Waals surface area (Å²) in [7, 11) is 1.79. The molecule has 19 heavy (non-hydrogen) atoms. The molecular formula is C17H29NO. The van der Waals surface area contributed by atoms with Gasteiger partial charge in [0.05, 0.1) is 0 Å². The summed E-state index contributed by atoms with van der Waals surface area (Å²) < 4.78 is 5.32. The number of nitrogens with one attached hydrogen (secondary N) is 1. The molecule has 1 aromatic carbocycles. The Balaban J connectivity index is 2.53. The Labute approximate surface area is 118 Å². The van der Waals surface area contributed by atoms with Crippen molar-refractivity contribution in [3.05, 3.63) is 35.9 Å². The fourth-order valence-electron chi connectivity index (χ4n) is 2.35. The zero-order chi connectivity index (χ0) is 14.1. The quantitative estimate of drug-likeness (QED) is 0.737. The summed E-state index contributed by atoms with van der Waals surface area (Å²) in [5.74, 6) is 1.90. The Kier molecular flexibility index (Phi) is 7.76. The molecule has 0 aromatic heterocycles. The average Bonchev–Trinajstić information content (AvgIpc) is 2.38. The Morgan fingerprint density at radius 2 is 1.74 bits per heavy atom. The molecular weight excluding hydrogens is 234 g/mol. The van der Waals surface area contributed by atoms with E-state index in [9.17, 15) is 0 Å². The summed E-state index contributed by atoms with van der Waals surface area (Å²) in [4.78, 5) is 0. The van der Waals surface area contributed by atoms with Crippen LogP contribution in [0.1, 0.15) is 26.3 Å². The minimum atomic E-state index is 0.574. The molecule has 0 aliphatic heterocycles. The second kappa shape index (κ2) is 9.11. The molecule has 0 radical (unpaired) electrons. The van der Waals surface area contributed by atoms with Crippen LogP contribution in [0, 0.1) is 17.8 Å². The van der Waals surface area contributed by atoms with Gasteiger partial charge in [0.25, 0.3) is 0 Å². The van der Waals surface area contributed by atoms with Crippen molar-refractivity contribution >= 4 is 0 Å². The first-order valence-corrected chi connectivity index (χ1v) is 7.37. The lowest BCUT2D eigenvalue weighted by molar-refractivity contribution is 0.128. The van der Waals surface area contributed by atoms with E-state index in [1.807, 2.05) is 0 Å². The van der Waals surface area contributed by atoms with E-state index in [0.717, 1.165) is 26.1 Å². The molecule has 0 aliphatic carbocycles. The highest BCUT2D eigenvalue weighted by Gasteiger charge is 2.17. The van der Waals surface area contributed by atoms with Crippen molar-refractivity contribution in [2.24, 2.45) is 17.8 Å². The highest BCUT2D eigenvalue weighted by Crippen LogP contribution is 2.17. The van der Waals surface area contributed by atoms with Gasteiger partial charge >= 0.3 is 0 Å². The molecule has 0 heterocycles. The average molecular weight is 263 g/mol. The summed E-state index contributed by atoms with van der Waals surface area (Å²) in [5, 5.41) is 3.59. The lowest BCUT2D eigenvalue weighted by Crippen LogP contribution is -2.32. The number of ether oxygens (including phenoxy) is 1. The first-order chi connectivity index (χ1) is 9.13. The Morgan fingerprint density at radius 3 is 2.32 bits per heavy atom. The van der Waals surface area contributed by atoms with Crippen molar-refractivity contribution in [3.8, 4) is 0 Å². The van der Waals surface area contributed by atoms with Crippen LogP contribution in [0.2, 0.25) is 0 Å². The summed E-state index contributed by atoms with van der Waals surface area (Å²) in [6.07, 6.45) is 1.12. The fraction of sp³-hybridized carbons (Fsp3) is 0.647. The Hall–Kier alpha value is -0.860. The fourth-order valence-corrected chi connectivity index (χ4v) is 2.35. The lowest BCUT2D eigenvalue weighted by atomic mass is 9.88. The van der Waals surface area contributed by atoms with E-state index in [-0.39, 0.29) is 0 Å². The molecule has 0 saturated heterocycles. The van der Waals surface area contributed by atoms with Crippen LogP contribution < -0.4 is 5.32 Å². The standard InChI is InChI=1S/C17H29NO/c1-14(2)11-18-12-17(15(3)13-19-4)10-16-8-6-5-7-9-16/h5-9,14-15,17-18H,10-13H2,1-4H3. The molecule has 0 bridgehead atoms. The van der Waals surface area contributed by atoms with Crippen molar-refractivity contribution in [1.29, 1.82) is 0 Å². The second-order valence-electron chi connectivity index (χ2n) is 5.93. The monoisotopic (exact) mass is 263 g/mol. The molecule has 1 N–H and O–H groups in total. The molecule has 0 spiro atoms. The number of rotatable bonds is 9. The molecule has 2 atom stereocenters. The van der Waals surface area contributed by atoms with E-state index in [1.54, 1.807) is 7.11 Å². The van der Waals surface area contributed by atoms with Crippen LogP contribution in [0.5, 0.6) is 0 Å². The Morgan fingerprint density at radius 1 is 1.05 bits per heavy atom. The molecule has 0 aliphatic rings. The highest BCUT2D eigenvalue weighted by molar-refractivity contribution is 5.15. The van der Waals surface area contributed by atoms with Gasteiger partial charge in [-0.2, -0.15) is 0 Å². The van der Waals surface area contributed by atoms with E-state index in [1.165, 1.54) is 5.56 Å². The summed E-state index contributed by atoms with van der Waals surface area (Å²) in [5.41, 5.74) is 1.42. The van der Waals surface area contributed by atoms with Crippen LogP contribution in [0.4, 0.5) is 0 Å². The van der Waals surface area contributed by atoms with Gasteiger partial charge in [-0.1, -0.05) is 51.1 Å². The van der Waals surface area contributed by atoms with Crippen molar-refractivity contribution < 1.29 is 4.74 Å². The number of benzene rings is 1. The van der Waals surface area contributed by atoms with Crippen LogP contribution in [0.25, 0.3) is 0 Å². The molecule has 2 nitrogen and oxygen atoms in total. The van der Waals surface area contributed by atoms with Gasteiger partial charge in [0, 0.05) is 13.7 Å². The van der Waals surface area contributed by atoms with E-state index in [4.69, 9.17) is 4.74 Å². The number of methoxy groups -OCH3 is 1. The van der Waals surface area contributed by atoms with Crippen molar-refractivity contribution in [3.63, 3.8) is 0 Å². The zero-order valence-corrected chi connectivity index (χ0v) is 12.9. The molecule has 0 amide bonds. The topological polar surface area (TPSA) is 21.3 Å². The Bertz CT molecular complexity index is 323. The van der Waals surface area contributed by atoms with E-state index >= 15 is 0 Å². The maximum absolute atomic E-state index is 5.32. The van der Waals surface area contributed by atoms with Crippen molar-refractivity contribution in [2.45, 2.75) is 27.2 Å². The first-order valence-electron chi connectivity index (χ1n) is 7.37. The first kappa shape index (κ1) is 16.2. The highest BCUT2D eigenvalue weighted by atomic mass is 16.5. The lowest BCUT2D eigenvalue weighted by Gasteiger charge is -2.24. The third kappa shape index (κ3) is 6.74. The van der Waals surface area contributed by atoms with E-state index in [2.05, 4.69) is 56.4 Å². The summed E-state index contributed by atoms with van der Waals surface area (Å²) in [6, 6.07) is 10.8. The van der Waals surface area contributed by atoms with Gasteiger partial charge < -0.3 is 10.1 Å². The van der Waals surface area contributed by atoms with Crippen LogP contribution in [0.15, 0.2) is 30.3 Å². The molecule has 0 fully saturated rings.